The number of aliphatic carboxylic acids is 1. The molecule has 0 saturated heterocycles. The van der Waals surface area contributed by atoms with Crippen molar-refractivity contribution in [2.24, 2.45) is 17.3 Å². The van der Waals surface area contributed by atoms with Crippen molar-refractivity contribution in [1.82, 2.24) is 0 Å². The number of rotatable bonds is 4. The summed E-state index contributed by atoms with van der Waals surface area (Å²) in [5, 5.41) is 9.05. The van der Waals surface area contributed by atoms with E-state index < -0.39 is 5.97 Å². The minimum atomic E-state index is -0.739. The van der Waals surface area contributed by atoms with Crippen molar-refractivity contribution in [3.63, 3.8) is 0 Å². The van der Waals surface area contributed by atoms with Crippen LogP contribution in [0.15, 0.2) is 0 Å². The summed E-state index contributed by atoms with van der Waals surface area (Å²) in [4.78, 5) is 11.0. The molecule has 2 unspecified atom stereocenters. The summed E-state index contributed by atoms with van der Waals surface area (Å²) in [5.74, 6) is -1.05. The lowest BCUT2D eigenvalue weighted by Crippen LogP contribution is -2.35. The van der Waals surface area contributed by atoms with Crippen LogP contribution in [0.3, 0.4) is 0 Å². The maximum absolute atomic E-state index is 11.0. The Labute approximate surface area is 80.1 Å². The lowest BCUT2D eigenvalue weighted by atomic mass is 9.74. The largest absolute Gasteiger partial charge is 0.481 e. The third-order valence-electron chi connectivity index (χ3n) is 2.20. The molecular formula is C10H20O3. The van der Waals surface area contributed by atoms with Gasteiger partial charge < -0.3 is 9.84 Å². The molecule has 3 nitrogen and oxygen atoms in total. The van der Waals surface area contributed by atoms with Gasteiger partial charge in [-0.25, -0.2) is 0 Å². The van der Waals surface area contributed by atoms with E-state index in [1.165, 1.54) is 0 Å². The monoisotopic (exact) mass is 188 g/mol. The van der Waals surface area contributed by atoms with Gasteiger partial charge in [0.2, 0.25) is 0 Å². The molecule has 0 rings (SSSR count). The van der Waals surface area contributed by atoms with E-state index in [1.54, 1.807) is 7.11 Å². The lowest BCUT2D eigenvalue weighted by Gasteiger charge is -2.31. The minimum absolute atomic E-state index is 0.0440. The highest BCUT2D eigenvalue weighted by molar-refractivity contribution is 5.71. The van der Waals surface area contributed by atoms with Gasteiger partial charge >= 0.3 is 5.97 Å². The van der Waals surface area contributed by atoms with Crippen molar-refractivity contribution < 1.29 is 14.6 Å². The molecule has 0 saturated carbocycles. The Balaban J connectivity index is 4.52. The quantitative estimate of drug-likeness (QED) is 0.734. The van der Waals surface area contributed by atoms with Gasteiger partial charge in [-0.05, 0) is 11.3 Å². The number of ether oxygens (including phenoxy) is 1. The van der Waals surface area contributed by atoms with Crippen molar-refractivity contribution in [2.45, 2.75) is 27.7 Å². The van der Waals surface area contributed by atoms with Crippen LogP contribution in [0.1, 0.15) is 27.7 Å². The fourth-order valence-corrected chi connectivity index (χ4v) is 1.83. The van der Waals surface area contributed by atoms with Gasteiger partial charge in [0, 0.05) is 13.7 Å². The first-order valence-electron chi connectivity index (χ1n) is 4.52. The highest BCUT2D eigenvalue weighted by Crippen LogP contribution is 2.32. The second-order valence-corrected chi connectivity index (χ2v) is 4.61. The van der Waals surface area contributed by atoms with Crippen LogP contribution in [0.2, 0.25) is 0 Å². The van der Waals surface area contributed by atoms with Gasteiger partial charge in [0.05, 0.1) is 5.92 Å². The summed E-state index contributed by atoms with van der Waals surface area (Å²) < 4.78 is 4.97. The van der Waals surface area contributed by atoms with Crippen LogP contribution in [-0.4, -0.2) is 24.8 Å². The highest BCUT2D eigenvalue weighted by Gasteiger charge is 2.35. The van der Waals surface area contributed by atoms with E-state index in [1.807, 2.05) is 27.7 Å². The third kappa shape index (κ3) is 3.77. The molecule has 0 aliphatic rings. The van der Waals surface area contributed by atoms with E-state index in [9.17, 15) is 4.79 Å². The van der Waals surface area contributed by atoms with Gasteiger partial charge in [-0.1, -0.05) is 27.7 Å². The zero-order valence-corrected chi connectivity index (χ0v) is 9.13. The molecule has 1 N–H and O–H groups in total. The van der Waals surface area contributed by atoms with Gasteiger partial charge in [-0.3, -0.25) is 4.79 Å². The molecule has 0 aromatic carbocycles. The fourth-order valence-electron chi connectivity index (χ4n) is 1.83. The van der Waals surface area contributed by atoms with Crippen molar-refractivity contribution in [1.29, 1.82) is 0 Å². The summed E-state index contributed by atoms with van der Waals surface area (Å²) in [6.07, 6.45) is 0. The Morgan fingerprint density at radius 3 is 2.15 bits per heavy atom. The summed E-state index contributed by atoms with van der Waals surface area (Å²) in [5.41, 5.74) is -0.218. The normalized spacial score (nSPS) is 16.7. The summed E-state index contributed by atoms with van der Waals surface area (Å²) in [6.45, 7) is 8.23. The topological polar surface area (TPSA) is 46.5 Å². The Hall–Kier alpha value is -0.570. The van der Waals surface area contributed by atoms with Crippen LogP contribution in [-0.2, 0) is 9.53 Å². The van der Waals surface area contributed by atoms with E-state index in [-0.39, 0.29) is 17.3 Å². The maximum atomic E-state index is 11.0. The molecule has 0 fully saturated rings. The third-order valence-corrected chi connectivity index (χ3v) is 2.20. The minimum Gasteiger partial charge on any atom is -0.481 e. The van der Waals surface area contributed by atoms with Crippen LogP contribution >= 0.6 is 0 Å². The SMILES string of the molecule is COCC(C)C(C(=O)O)C(C)(C)C. The lowest BCUT2D eigenvalue weighted by molar-refractivity contribution is -0.149. The molecule has 2 atom stereocenters. The van der Waals surface area contributed by atoms with Crippen molar-refractivity contribution >= 4 is 5.97 Å². The van der Waals surface area contributed by atoms with E-state index in [0.29, 0.717) is 6.61 Å². The molecular weight excluding hydrogens is 168 g/mol. The zero-order valence-electron chi connectivity index (χ0n) is 9.13. The smallest absolute Gasteiger partial charge is 0.307 e. The van der Waals surface area contributed by atoms with Crippen LogP contribution in [0, 0.1) is 17.3 Å². The average molecular weight is 188 g/mol. The number of methoxy groups -OCH3 is 1. The Morgan fingerprint density at radius 1 is 1.46 bits per heavy atom. The van der Waals surface area contributed by atoms with E-state index >= 15 is 0 Å². The number of carboxylic acids is 1. The van der Waals surface area contributed by atoms with Crippen LogP contribution in [0.5, 0.6) is 0 Å². The first-order chi connectivity index (χ1) is 5.80. The van der Waals surface area contributed by atoms with Gasteiger partial charge in [0.15, 0.2) is 0 Å². The summed E-state index contributed by atoms with van der Waals surface area (Å²) in [7, 11) is 1.60. The fraction of sp³-hybridized carbons (Fsp3) is 0.900. The van der Waals surface area contributed by atoms with Gasteiger partial charge in [0.1, 0.15) is 0 Å². The van der Waals surface area contributed by atoms with Crippen molar-refractivity contribution in [3.05, 3.63) is 0 Å². The van der Waals surface area contributed by atoms with Crippen LogP contribution < -0.4 is 0 Å². The molecule has 0 aromatic heterocycles. The highest BCUT2D eigenvalue weighted by atomic mass is 16.5. The maximum Gasteiger partial charge on any atom is 0.307 e. The predicted molar refractivity (Wildman–Crippen MR) is 51.6 cm³/mol. The van der Waals surface area contributed by atoms with E-state index in [4.69, 9.17) is 9.84 Å². The van der Waals surface area contributed by atoms with Crippen molar-refractivity contribution in [2.75, 3.05) is 13.7 Å². The van der Waals surface area contributed by atoms with Crippen molar-refractivity contribution in [3.8, 4) is 0 Å². The number of carboxylic acid groups (broad SMARTS) is 1. The molecule has 0 aromatic rings. The Bertz CT molecular complexity index is 169. The standard InChI is InChI=1S/C10H20O3/c1-7(6-13-5)8(9(11)12)10(2,3)4/h7-8H,6H2,1-5H3,(H,11,12). The van der Waals surface area contributed by atoms with Gasteiger partial charge in [0.25, 0.3) is 0 Å². The number of carbonyl (C=O) groups is 1. The molecule has 0 bridgehead atoms. The summed E-state index contributed by atoms with van der Waals surface area (Å²) >= 11 is 0. The first-order valence-corrected chi connectivity index (χ1v) is 4.52. The van der Waals surface area contributed by atoms with Crippen LogP contribution in [0.25, 0.3) is 0 Å². The second-order valence-electron chi connectivity index (χ2n) is 4.61. The molecule has 0 spiro atoms. The Kier molecular flexibility index (Phi) is 4.40. The molecule has 0 radical (unpaired) electrons. The van der Waals surface area contributed by atoms with Gasteiger partial charge in [-0.2, -0.15) is 0 Å². The molecule has 0 heterocycles. The molecule has 0 aliphatic heterocycles. The molecule has 3 heteroatoms. The van der Waals surface area contributed by atoms with E-state index in [0.717, 1.165) is 0 Å². The van der Waals surface area contributed by atoms with Gasteiger partial charge in [-0.15, -0.1) is 0 Å². The molecule has 78 valence electrons. The average Bonchev–Trinajstić information content (AvgIpc) is 1.82. The predicted octanol–water partition coefficient (Wildman–Crippen LogP) is 2.02. The first kappa shape index (κ1) is 12.4. The zero-order chi connectivity index (χ0) is 10.6. The Morgan fingerprint density at radius 2 is 1.92 bits per heavy atom. The molecule has 13 heavy (non-hydrogen) atoms. The molecule has 0 amide bonds. The molecule has 0 aliphatic carbocycles. The summed E-state index contributed by atoms with van der Waals surface area (Å²) in [6, 6.07) is 0. The number of hydrogen-bond acceptors (Lipinski definition) is 2. The second kappa shape index (κ2) is 4.61. The number of hydrogen-bond donors (Lipinski definition) is 1. The van der Waals surface area contributed by atoms with Crippen LogP contribution in [0.4, 0.5) is 0 Å². The van der Waals surface area contributed by atoms with E-state index in [2.05, 4.69) is 0 Å².